The van der Waals surface area contributed by atoms with Gasteiger partial charge >= 0.3 is 0 Å². The molecule has 0 bridgehead atoms. The third-order valence-corrected chi connectivity index (χ3v) is 1.71. The van der Waals surface area contributed by atoms with E-state index < -0.39 is 11.9 Å². The lowest BCUT2D eigenvalue weighted by Gasteiger charge is -2.11. The lowest BCUT2D eigenvalue weighted by Crippen LogP contribution is -2.01. The van der Waals surface area contributed by atoms with Crippen LogP contribution in [0.25, 0.3) is 0 Å². The predicted molar refractivity (Wildman–Crippen MR) is 48.1 cm³/mol. The molecule has 0 radical (unpaired) electrons. The van der Waals surface area contributed by atoms with Crippen molar-refractivity contribution >= 4 is 0 Å². The monoisotopic (exact) mass is 195 g/mol. The first-order valence-electron chi connectivity index (χ1n) is 4.12. The van der Waals surface area contributed by atoms with Crippen molar-refractivity contribution in [3.8, 4) is 11.8 Å². The highest BCUT2D eigenvalue weighted by atomic mass is 19.1. The number of benzene rings is 1. The van der Waals surface area contributed by atoms with Gasteiger partial charge in [-0.1, -0.05) is 0 Å². The summed E-state index contributed by atoms with van der Waals surface area (Å²) in [5.74, 6) is -0.104. The number of ether oxygens (including phenoxy) is 1. The Labute approximate surface area is 81.4 Å². The Kier molecular flexibility index (Phi) is 3.43. The van der Waals surface area contributed by atoms with Gasteiger partial charge in [-0.2, -0.15) is 5.26 Å². The van der Waals surface area contributed by atoms with Crippen LogP contribution in [0.15, 0.2) is 18.2 Å². The van der Waals surface area contributed by atoms with E-state index in [1.807, 2.05) is 0 Å². The van der Waals surface area contributed by atoms with Crippen molar-refractivity contribution in [2.75, 3.05) is 6.61 Å². The highest BCUT2D eigenvalue weighted by molar-refractivity contribution is 5.35. The van der Waals surface area contributed by atoms with Crippen molar-refractivity contribution in [3.05, 3.63) is 29.6 Å². The van der Waals surface area contributed by atoms with Crippen molar-refractivity contribution in [2.24, 2.45) is 0 Å². The molecule has 1 atom stereocenters. The molecule has 3 nitrogen and oxygen atoms in total. The van der Waals surface area contributed by atoms with Gasteiger partial charge in [0, 0.05) is 5.56 Å². The Bertz CT molecular complexity index is 358. The molecule has 0 heterocycles. The van der Waals surface area contributed by atoms with Gasteiger partial charge in [-0.3, -0.25) is 0 Å². The van der Waals surface area contributed by atoms with Crippen molar-refractivity contribution < 1.29 is 14.2 Å². The molecule has 1 rings (SSSR count). The van der Waals surface area contributed by atoms with Crippen LogP contribution in [-0.2, 0) is 0 Å². The zero-order valence-corrected chi connectivity index (χ0v) is 7.70. The van der Waals surface area contributed by atoms with Gasteiger partial charge in [0.2, 0.25) is 0 Å². The van der Waals surface area contributed by atoms with Crippen LogP contribution in [-0.4, -0.2) is 11.7 Å². The highest BCUT2D eigenvalue weighted by Gasteiger charge is 2.10. The van der Waals surface area contributed by atoms with E-state index in [2.05, 4.69) is 0 Å². The van der Waals surface area contributed by atoms with Crippen molar-refractivity contribution in [2.45, 2.75) is 13.0 Å². The van der Waals surface area contributed by atoms with E-state index in [-0.39, 0.29) is 6.61 Å². The fraction of sp³-hybridized carbons (Fsp3) is 0.300. The summed E-state index contributed by atoms with van der Waals surface area (Å²) in [4.78, 5) is 0. The van der Waals surface area contributed by atoms with Gasteiger partial charge in [-0.15, -0.1) is 0 Å². The Morgan fingerprint density at radius 3 is 2.93 bits per heavy atom. The van der Waals surface area contributed by atoms with Crippen LogP contribution in [0.5, 0.6) is 5.75 Å². The molecule has 0 aliphatic carbocycles. The number of halogens is 1. The maximum absolute atomic E-state index is 12.8. The summed E-state index contributed by atoms with van der Waals surface area (Å²) in [7, 11) is 0. The van der Waals surface area contributed by atoms with Crippen molar-refractivity contribution in [3.63, 3.8) is 0 Å². The van der Waals surface area contributed by atoms with E-state index in [1.165, 1.54) is 25.1 Å². The van der Waals surface area contributed by atoms with Gasteiger partial charge in [-0.05, 0) is 25.1 Å². The van der Waals surface area contributed by atoms with Crippen LogP contribution in [0.3, 0.4) is 0 Å². The number of nitriles is 1. The number of hydrogen-bond donors (Lipinski definition) is 1. The van der Waals surface area contributed by atoms with Crippen LogP contribution < -0.4 is 4.74 Å². The molecule has 0 saturated carbocycles. The molecule has 0 spiro atoms. The normalized spacial score (nSPS) is 11.9. The number of nitrogens with zero attached hydrogens (tertiary/aromatic N) is 1. The summed E-state index contributed by atoms with van der Waals surface area (Å²) in [6, 6.07) is 5.61. The zero-order valence-electron chi connectivity index (χ0n) is 7.70. The molecule has 0 fully saturated rings. The Morgan fingerprint density at radius 1 is 1.64 bits per heavy atom. The molecule has 0 amide bonds. The van der Waals surface area contributed by atoms with Gasteiger partial charge in [0.1, 0.15) is 17.6 Å². The van der Waals surface area contributed by atoms with Crippen LogP contribution in [0.4, 0.5) is 4.39 Å². The Morgan fingerprint density at radius 2 is 2.36 bits per heavy atom. The van der Waals surface area contributed by atoms with E-state index in [0.29, 0.717) is 11.3 Å². The molecule has 0 aliphatic rings. The van der Waals surface area contributed by atoms with Crippen LogP contribution in [0.2, 0.25) is 0 Å². The molecule has 0 aliphatic heterocycles. The predicted octanol–water partition coefficient (Wildman–Crippen LogP) is 1.78. The van der Waals surface area contributed by atoms with Crippen LogP contribution >= 0.6 is 0 Å². The molecule has 1 N–H and O–H groups in total. The van der Waals surface area contributed by atoms with E-state index in [1.54, 1.807) is 6.07 Å². The third-order valence-electron chi connectivity index (χ3n) is 1.71. The van der Waals surface area contributed by atoms with Gasteiger partial charge in [0.15, 0.2) is 6.61 Å². The Balaban J connectivity index is 2.97. The molecule has 0 unspecified atom stereocenters. The molecular weight excluding hydrogens is 185 g/mol. The smallest absolute Gasteiger partial charge is 0.174 e. The minimum Gasteiger partial charge on any atom is -0.478 e. The standard InChI is InChI=1S/C10H10FNO2/c1-7(13)9-6-8(11)2-3-10(9)14-5-4-12/h2-3,6-7,13H,5H2,1H3/t7-/m0/s1. The van der Waals surface area contributed by atoms with Crippen LogP contribution in [0.1, 0.15) is 18.6 Å². The fourth-order valence-electron chi connectivity index (χ4n) is 1.09. The van der Waals surface area contributed by atoms with E-state index in [0.717, 1.165) is 0 Å². The minimum absolute atomic E-state index is 0.120. The molecule has 1 aromatic carbocycles. The summed E-state index contributed by atoms with van der Waals surface area (Å²) >= 11 is 0. The number of rotatable bonds is 3. The van der Waals surface area contributed by atoms with Gasteiger partial charge in [0.05, 0.1) is 6.10 Å². The molecule has 74 valence electrons. The molecule has 0 saturated heterocycles. The van der Waals surface area contributed by atoms with E-state index in [9.17, 15) is 9.50 Å². The summed E-state index contributed by atoms with van der Waals surface area (Å²) in [5.41, 5.74) is 0.347. The first-order valence-corrected chi connectivity index (χ1v) is 4.12. The number of aliphatic hydroxyl groups excluding tert-OH is 1. The average molecular weight is 195 g/mol. The topological polar surface area (TPSA) is 53.2 Å². The first kappa shape index (κ1) is 10.5. The Hall–Kier alpha value is -1.60. The van der Waals surface area contributed by atoms with Gasteiger partial charge in [0.25, 0.3) is 0 Å². The third kappa shape index (κ3) is 2.44. The molecule has 14 heavy (non-hydrogen) atoms. The number of aliphatic hydroxyl groups is 1. The number of hydrogen-bond acceptors (Lipinski definition) is 3. The second-order valence-corrected chi connectivity index (χ2v) is 2.80. The molecular formula is C10H10FNO2. The van der Waals surface area contributed by atoms with Crippen molar-refractivity contribution in [1.82, 2.24) is 0 Å². The summed E-state index contributed by atoms with van der Waals surface area (Å²) in [6.07, 6.45) is -0.820. The molecule has 1 aromatic rings. The lowest BCUT2D eigenvalue weighted by molar-refractivity contribution is 0.192. The minimum atomic E-state index is -0.820. The largest absolute Gasteiger partial charge is 0.478 e. The van der Waals surface area contributed by atoms with E-state index in [4.69, 9.17) is 10.00 Å². The fourth-order valence-corrected chi connectivity index (χ4v) is 1.09. The zero-order chi connectivity index (χ0) is 10.6. The summed E-state index contributed by atoms with van der Waals surface area (Å²) in [5, 5.41) is 17.6. The first-order chi connectivity index (χ1) is 6.65. The van der Waals surface area contributed by atoms with Gasteiger partial charge in [-0.25, -0.2) is 4.39 Å². The lowest BCUT2D eigenvalue weighted by atomic mass is 10.1. The van der Waals surface area contributed by atoms with Crippen LogP contribution in [0, 0.1) is 17.1 Å². The van der Waals surface area contributed by atoms with Gasteiger partial charge < -0.3 is 9.84 Å². The summed E-state index contributed by atoms with van der Waals surface area (Å²) < 4.78 is 17.8. The highest BCUT2D eigenvalue weighted by Crippen LogP contribution is 2.25. The maximum atomic E-state index is 12.8. The second kappa shape index (κ2) is 4.58. The second-order valence-electron chi connectivity index (χ2n) is 2.80. The molecule has 0 aromatic heterocycles. The van der Waals surface area contributed by atoms with E-state index >= 15 is 0 Å². The average Bonchev–Trinajstić information content (AvgIpc) is 2.15. The van der Waals surface area contributed by atoms with Crippen molar-refractivity contribution in [1.29, 1.82) is 5.26 Å². The quantitative estimate of drug-likeness (QED) is 0.799. The maximum Gasteiger partial charge on any atom is 0.174 e. The summed E-state index contributed by atoms with van der Waals surface area (Å²) in [6.45, 7) is 1.39. The SMILES string of the molecule is C[C@H](O)c1cc(F)ccc1OCC#N. The molecule has 4 heteroatoms.